The fourth-order valence-electron chi connectivity index (χ4n) is 3.13. The van der Waals surface area contributed by atoms with E-state index < -0.39 is 11.8 Å². The Morgan fingerprint density at radius 1 is 1.08 bits per heavy atom. The van der Waals surface area contributed by atoms with Crippen molar-refractivity contribution >= 4 is 17.5 Å². The second kappa shape index (κ2) is 7.38. The molecule has 0 aromatic heterocycles. The van der Waals surface area contributed by atoms with Gasteiger partial charge in [0.05, 0.1) is 13.2 Å². The quantitative estimate of drug-likeness (QED) is 0.874. The van der Waals surface area contributed by atoms with Crippen molar-refractivity contribution in [2.24, 2.45) is 0 Å². The third-order valence-corrected chi connectivity index (χ3v) is 4.52. The molecule has 3 rings (SSSR count). The van der Waals surface area contributed by atoms with Gasteiger partial charge in [-0.3, -0.25) is 9.59 Å². The van der Waals surface area contributed by atoms with Crippen molar-refractivity contribution in [1.82, 2.24) is 4.90 Å². The van der Waals surface area contributed by atoms with Gasteiger partial charge in [-0.2, -0.15) is 0 Å². The fraction of sp³-hybridized carbons (Fsp3) is 0.300. The summed E-state index contributed by atoms with van der Waals surface area (Å²) in [5.74, 6) is -0.397. The van der Waals surface area contributed by atoms with Gasteiger partial charge in [-0.15, -0.1) is 0 Å². The standard InChI is InChI=1S/C20H22N2O3/c1-14-5-7-15(8-6-14)18-4-3-13-22(18)20(24)19(23)21-16-9-11-17(25-2)12-10-16/h5-12,18H,3-4,13H2,1-2H3,(H,21,23)/t18-/m0/s1. The number of ether oxygens (including phenoxy) is 1. The number of carbonyl (C=O) groups is 2. The largest absolute Gasteiger partial charge is 0.497 e. The number of carbonyl (C=O) groups excluding carboxylic acids is 2. The number of hydrogen-bond acceptors (Lipinski definition) is 3. The second-order valence-electron chi connectivity index (χ2n) is 6.25. The number of likely N-dealkylation sites (tertiary alicyclic amines) is 1. The van der Waals surface area contributed by atoms with Crippen molar-refractivity contribution in [3.8, 4) is 5.75 Å². The van der Waals surface area contributed by atoms with Crippen LogP contribution in [0.2, 0.25) is 0 Å². The van der Waals surface area contributed by atoms with Crippen LogP contribution in [0.4, 0.5) is 5.69 Å². The first-order valence-electron chi connectivity index (χ1n) is 8.41. The predicted molar refractivity (Wildman–Crippen MR) is 96.5 cm³/mol. The summed E-state index contributed by atoms with van der Waals surface area (Å²) in [6.07, 6.45) is 1.78. The predicted octanol–water partition coefficient (Wildman–Crippen LogP) is 3.31. The summed E-state index contributed by atoms with van der Waals surface area (Å²) in [6, 6.07) is 15.0. The summed E-state index contributed by atoms with van der Waals surface area (Å²) < 4.78 is 5.09. The summed E-state index contributed by atoms with van der Waals surface area (Å²) in [7, 11) is 1.58. The van der Waals surface area contributed by atoms with Gasteiger partial charge >= 0.3 is 11.8 Å². The molecule has 1 atom stereocenters. The van der Waals surface area contributed by atoms with E-state index in [9.17, 15) is 9.59 Å². The van der Waals surface area contributed by atoms with Crippen LogP contribution in [0, 0.1) is 6.92 Å². The van der Waals surface area contributed by atoms with Crippen molar-refractivity contribution in [2.75, 3.05) is 19.0 Å². The van der Waals surface area contributed by atoms with Crippen LogP contribution in [0.15, 0.2) is 48.5 Å². The zero-order chi connectivity index (χ0) is 17.8. The number of benzene rings is 2. The molecule has 0 saturated carbocycles. The molecule has 130 valence electrons. The highest BCUT2D eigenvalue weighted by atomic mass is 16.5. The van der Waals surface area contributed by atoms with Gasteiger partial charge in [-0.1, -0.05) is 29.8 Å². The third-order valence-electron chi connectivity index (χ3n) is 4.52. The molecule has 5 nitrogen and oxygen atoms in total. The monoisotopic (exact) mass is 338 g/mol. The molecule has 5 heteroatoms. The zero-order valence-corrected chi connectivity index (χ0v) is 14.5. The number of nitrogens with zero attached hydrogens (tertiary/aromatic N) is 1. The van der Waals surface area contributed by atoms with Gasteiger partial charge < -0.3 is 15.0 Å². The van der Waals surface area contributed by atoms with E-state index in [0.717, 1.165) is 18.4 Å². The topological polar surface area (TPSA) is 58.6 Å². The van der Waals surface area contributed by atoms with Crippen molar-refractivity contribution in [3.05, 3.63) is 59.7 Å². The Labute approximate surface area is 147 Å². The molecule has 0 radical (unpaired) electrons. The van der Waals surface area contributed by atoms with Crippen LogP contribution in [0.3, 0.4) is 0 Å². The molecule has 2 amide bonds. The molecule has 0 bridgehead atoms. The van der Waals surface area contributed by atoms with E-state index in [4.69, 9.17) is 4.74 Å². The van der Waals surface area contributed by atoms with Gasteiger partial charge in [-0.25, -0.2) is 0 Å². The molecule has 1 N–H and O–H groups in total. The Bertz CT molecular complexity index is 754. The van der Waals surface area contributed by atoms with Gasteiger partial charge in [-0.05, 0) is 49.6 Å². The summed E-state index contributed by atoms with van der Waals surface area (Å²) in [5, 5.41) is 2.67. The van der Waals surface area contributed by atoms with Crippen LogP contribution in [0.25, 0.3) is 0 Å². The minimum atomic E-state index is -0.607. The lowest BCUT2D eigenvalue weighted by Crippen LogP contribution is -2.39. The van der Waals surface area contributed by atoms with E-state index in [1.165, 1.54) is 5.56 Å². The van der Waals surface area contributed by atoms with E-state index in [1.807, 2.05) is 31.2 Å². The summed E-state index contributed by atoms with van der Waals surface area (Å²) in [5.41, 5.74) is 2.83. The molecule has 1 saturated heterocycles. The van der Waals surface area contributed by atoms with Crippen molar-refractivity contribution in [2.45, 2.75) is 25.8 Å². The first-order valence-corrected chi connectivity index (χ1v) is 8.41. The number of methoxy groups -OCH3 is 1. The molecular weight excluding hydrogens is 316 g/mol. The lowest BCUT2D eigenvalue weighted by atomic mass is 10.0. The van der Waals surface area contributed by atoms with E-state index in [0.29, 0.717) is 18.0 Å². The number of amides is 2. The first kappa shape index (κ1) is 17.0. The molecular formula is C20H22N2O3. The fourth-order valence-corrected chi connectivity index (χ4v) is 3.13. The maximum absolute atomic E-state index is 12.6. The Hall–Kier alpha value is -2.82. The number of aryl methyl sites for hydroxylation is 1. The van der Waals surface area contributed by atoms with Gasteiger partial charge in [0, 0.05) is 12.2 Å². The highest BCUT2D eigenvalue weighted by Crippen LogP contribution is 2.32. The normalized spacial score (nSPS) is 16.6. The minimum Gasteiger partial charge on any atom is -0.497 e. The van der Waals surface area contributed by atoms with Crippen LogP contribution < -0.4 is 10.1 Å². The molecule has 1 aliphatic heterocycles. The third kappa shape index (κ3) is 3.82. The van der Waals surface area contributed by atoms with E-state index in [1.54, 1.807) is 36.3 Å². The number of hydrogen-bond donors (Lipinski definition) is 1. The average molecular weight is 338 g/mol. The highest BCUT2D eigenvalue weighted by Gasteiger charge is 2.33. The summed E-state index contributed by atoms with van der Waals surface area (Å²) in [6.45, 7) is 2.64. The van der Waals surface area contributed by atoms with Crippen molar-refractivity contribution < 1.29 is 14.3 Å². The molecule has 0 unspecified atom stereocenters. The SMILES string of the molecule is COc1ccc(NC(=O)C(=O)N2CCC[C@H]2c2ccc(C)cc2)cc1. The molecule has 2 aromatic carbocycles. The van der Waals surface area contributed by atoms with Crippen LogP contribution in [-0.4, -0.2) is 30.4 Å². The van der Waals surface area contributed by atoms with Crippen LogP contribution >= 0.6 is 0 Å². The Kier molecular flexibility index (Phi) is 5.03. The summed E-state index contributed by atoms with van der Waals surface area (Å²) >= 11 is 0. The van der Waals surface area contributed by atoms with Crippen molar-refractivity contribution in [3.63, 3.8) is 0 Å². The molecule has 2 aromatic rings. The maximum Gasteiger partial charge on any atom is 0.313 e. The van der Waals surface area contributed by atoms with E-state index >= 15 is 0 Å². The van der Waals surface area contributed by atoms with Crippen LogP contribution in [-0.2, 0) is 9.59 Å². The lowest BCUT2D eigenvalue weighted by Gasteiger charge is -2.24. The lowest BCUT2D eigenvalue weighted by molar-refractivity contribution is -0.143. The first-order chi connectivity index (χ1) is 12.1. The highest BCUT2D eigenvalue weighted by molar-refractivity contribution is 6.39. The molecule has 1 fully saturated rings. The van der Waals surface area contributed by atoms with E-state index in [-0.39, 0.29) is 6.04 Å². The van der Waals surface area contributed by atoms with Gasteiger partial charge in [0.2, 0.25) is 0 Å². The molecule has 25 heavy (non-hydrogen) atoms. The Balaban J connectivity index is 1.69. The maximum atomic E-state index is 12.6. The van der Waals surface area contributed by atoms with Gasteiger partial charge in [0.25, 0.3) is 0 Å². The number of rotatable bonds is 3. The second-order valence-corrected chi connectivity index (χ2v) is 6.25. The molecule has 1 aliphatic rings. The van der Waals surface area contributed by atoms with Gasteiger partial charge in [0.1, 0.15) is 5.75 Å². The molecule has 0 spiro atoms. The van der Waals surface area contributed by atoms with Crippen LogP contribution in [0.5, 0.6) is 5.75 Å². The van der Waals surface area contributed by atoms with Crippen LogP contribution in [0.1, 0.15) is 30.0 Å². The number of nitrogens with one attached hydrogen (secondary N) is 1. The summed E-state index contributed by atoms with van der Waals surface area (Å²) in [4.78, 5) is 26.6. The number of anilines is 1. The molecule has 1 heterocycles. The van der Waals surface area contributed by atoms with Gasteiger partial charge in [0.15, 0.2) is 0 Å². The zero-order valence-electron chi connectivity index (χ0n) is 14.5. The average Bonchev–Trinajstić information content (AvgIpc) is 3.12. The molecule has 0 aliphatic carbocycles. The Morgan fingerprint density at radius 3 is 2.40 bits per heavy atom. The Morgan fingerprint density at radius 2 is 1.76 bits per heavy atom. The minimum absolute atomic E-state index is 0.0327. The smallest absolute Gasteiger partial charge is 0.313 e. The van der Waals surface area contributed by atoms with E-state index in [2.05, 4.69) is 5.32 Å². The van der Waals surface area contributed by atoms with Crippen molar-refractivity contribution in [1.29, 1.82) is 0 Å².